The maximum atomic E-state index is 12.8. The van der Waals surface area contributed by atoms with Crippen molar-refractivity contribution in [3.05, 3.63) is 47.4 Å². The number of nitrogens with one attached hydrogen (secondary N) is 3. The molecule has 0 saturated carbocycles. The lowest BCUT2D eigenvalue weighted by Gasteiger charge is -2.03. The van der Waals surface area contributed by atoms with Gasteiger partial charge >= 0.3 is 5.97 Å². The fourth-order valence-corrected chi connectivity index (χ4v) is 1.80. The quantitative estimate of drug-likeness (QED) is 0.671. The maximum absolute atomic E-state index is 12.8. The number of aromatic nitrogens is 2. The fourth-order valence-electron chi connectivity index (χ4n) is 1.80. The van der Waals surface area contributed by atoms with Crippen molar-refractivity contribution >= 4 is 17.7 Å². The van der Waals surface area contributed by atoms with Gasteiger partial charge in [-0.2, -0.15) is 5.10 Å². The second-order valence-corrected chi connectivity index (χ2v) is 4.63. The lowest BCUT2D eigenvalue weighted by Crippen LogP contribution is -2.22. The minimum atomic E-state index is -0.396. The van der Waals surface area contributed by atoms with Crippen LogP contribution in [0.15, 0.2) is 30.3 Å². The van der Waals surface area contributed by atoms with Gasteiger partial charge in [0.1, 0.15) is 18.2 Å². The molecule has 0 fully saturated rings. The first-order chi connectivity index (χ1) is 11.1. The Kier molecular flexibility index (Phi) is 5.67. The van der Waals surface area contributed by atoms with Gasteiger partial charge in [0.2, 0.25) is 0 Å². The molecule has 0 saturated heterocycles. The third-order valence-corrected chi connectivity index (χ3v) is 2.90. The number of rotatable bonds is 7. The Balaban J connectivity index is 1.81. The highest BCUT2D eigenvalue weighted by Gasteiger charge is 2.08. The van der Waals surface area contributed by atoms with Crippen LogP contribution >= 0.6 is 0 Å². The van der Waals surface area contributed by atoms with E-state index in [-0.39, 0.29) is 25.0 Å². The zero-order chi connectivity index (χ0) is 16.7. The van der Waals surface area contributed by atoms with Crippen molar-refractivity contribution < 1.29 is 18.7 Å². The van der Waals surface area contributed by atoms with E-state index in [4.69, 9.17) is 4.74 Å². The Morgan fingerprint density at radius 2 is 2.04 bits per heavy atom. The summed E-state index contributed by atoms with van der Waals surface area (Å²) in [6, 6.07) is 6.93. The van der Waals surface area contributed by atoms with E-state index in [1.165, 1.54) is 24.3 Å². The van der Waals surface area contributed by atoms with Gasteiger partial charge in [0.25, 0.3) is 5.91 Å². The van der Waals surface area contributed by atoms with Crippen molar-refractivity contribution in [3.63, 3.8) is 0 Å². The van der Waals surface area contributed by atoms with Gasteiger partial charge in [0.15, 0.2) is 0 Å². The minimum absolute atomic E-state index is 0.0140. The van der Waals surface area contributed by atoms with E-state index in [1.54, 1.807) is 13.0 Å². The van der Waals surface area contributed by atoms with E-state index < -0.39 is 5.82 Å². The van der Waals surface area contributed by atoms with Gasteiger partial charge in [0.05, 0.1) is 18.8 Å². The number of halogens is 1. The number of benzene rings is 1. The van der Waals surface area contributed by atoms with E-state index in [0.29, 0.717) is 23.7 Å². The number of aromatic amines is 1. The second kappa shape index (κ2) is 7.92. The molecule has 1 amide bonds. The minimum Gasteiger partial charge on any atom is -0.465 e. The first-order valence-corrected chi connectivity index (χ1v) is 7.06. The summed E-state index contributed by atoms with van der Waals surface area (Å²) in [6.45, 7) is 2.29. The highest BCUT2D eigenvalue weighted by Crippen LogP contribution is 2.06. The summed E-state index contributed by atoms with van der Waals surface area (Å²) in [5.74, 6) is -0.612. The smallest absolute Gasteiger partial charge is 0.325 e. The molecule has 0 radical (unpaired) electrons. The van der Waals surface area contributed by atoms with Crippen LogP contribution in [0, 0.1) is 5.82 Å². The highest BCUT2D eigenvalue weighted by molar-refractivity contribution is 5.94. The molecule has 0 bridgehead atoms. The number of amides is 1. The number of ether oxygens (including phenoxy) is 1. The largest absolute Gasteiger partial charge is 0.465 e. The molecule has 1 heterocycles. The second-order valence-electron chi connectivity index (χ2n) is 4.63. The fraction of sp³-hybridized carbons (Fsp3) is 0.267. The molecule has 1 aromatic carbocycles. The Labute approximate surface area is 132 Å². The average molecular weight is 320 g/mol. The molecule has 2 rings (SSSR count). The van der Waals surface area contributed by atoms with Crippen molar-refractivity contribution in [1.82, 2.24) is 15.5 Å². The number of esters is 1. The number of anilines is 1. The number of carbonyl (C=O) groups excluding carboxylic acids is 2. The number of nitrogens with zero attached hydrogens (tertiary/aromatic N) is 1. The summed E-state index contributed by atoms with van der Waals surface area (Å²) in [5, 5.41) is 12.2. The Morgan fingerprint density at radius 3 is 2.74 bits per heavy atom. The van der Waals surface area contributed by atoms with Crippen LogP contribution in [0.4, 0.5) is 10.2 Å². The van der Waals surface area contributed by atoms with E-state index in [1.807, 2.05) is 0 Å². The molecule has 2 aromatic rings. The standard InChI is InChI=1S/C15H17FN4O3/c1-2-23-14(21)9-17-13-7-12(19-20-13)8-18-15(22)10-3-5-11(16)6-4-10/h3-7H,2,8-9H2,1H3,(H,18,22)(H2,17,19,20). The van der Waals surface area contributed by atoms with Gasteiger partial charge in [-0.3, -0.25) is 14.7 Å². The maximum Gasteiger partial charge on any atom is 0.325 e. The van der Waals surface area contributed by atoms with Gasteiger partial charge < -0.3 is 15.4 Å². The summed E-state index contributed by atoms with van der Waals surface area (Å²) >= 11 is 0. The highest BCUT2D eigenvalue weighted by atomic mass is 19.1. The molecule has 1 aromatic heterocycles. The van der Waals surface area contributed by atoms with Crippen LogP contribution in [0.5, 0.6) is 0 Å². The molecule has 0 aliphatic rings. The predicted octanol–water partition coefficient (Wildman–Crippen LogP) is 1.45. The third kappa shape index (κ3) is 5.10. The molecular weight excluding hydrogens is 303 g/mol. The lowest BCUT2D eigenvalue weighted by atomic mass is 10.2. The van der Waals surface area contributed by atoms with Gasteiger partial charge in [0, 0.05) is 11.6 Å². The molecule has 0 aliphatic heterocycles. The molecule has 7 nitrogen and oxygen atoms in total. The van der Waals surface area contributed by atoms with Crippen LogP contribution in [0.1, 0.15) is 23.0 Å². The molecule has 0 atom stereocenters. The van der Waals surface area contributed by atoms with Crippen LogP contribution in [-0.2, 0) is 16.1 Å². The van der Waals surface area contributed by atoms with Crippen LogP contribution in [-0.4, -0.2) is 35.2 Å². The van der Waals surface area contributed by atoms with Gasteiger partial charge in [-0.1, -0.05) is 0 Å². The molecule has 23 heavy (non-hydrogen) atoms. The van der Waals surface area contributed by atoms with Crippen molar-refractivity contribution in [2.75, 3.05) is 18.5 Å². The topological polar surface area (TPSA) is 96.1 Å². The van der Waals surface area contributed by atoms with Crippen LogP contribution < -0.4 is 10.6 Å². The van der Waals surface area contributed by atoms with Crippen LogP contribution in [0.3, 0.4) is 0 Å². The van der Waals surface area contributed by atoms with Gasteiger partial charge in [-0.25, -0.2) is 4.39 Å². The number of hydrogen-bond acceptors (Lipinski definition) is 5. The van der Waals surface area contributed by atoms with E-state index >= 15 is 0 Å². The first-order valence-electron chi connectivity index (χ1n) is 7.06. The van der Waals surface area contributed by atoms with E-state index in [0.717, 1.165) is 0 Å². The van der Waals surface area contributed by atoms with E-state index in [9.17, 15) is 14.0 Å². The van der Waals surface area contributed by atoms with Crippen LogP contribution in [0.25, 0.3) is 0 Å². The summed E-state index contributed by atoms with van der Waals surface area (Å²) < 4.78 is 17.6. The Bertz CT molecular complexity index is 670. The lowest BCUT2D eigenvalue weighted by molar-refractivity contribution is -0.140. The van der Waals surface area contributed by atoms with Crippen molar-refractivity contribution in [1.29, 1.82) is 0 Å². The van der Waals surface area contributed by atoms with Crippen molar-refractivity contribution in [2.24, 2.45) is 0 Å². The summed E-state index contributed by atoms with van der Waals surface area (Å²) in [5.41, 5.74) is 1.03. The van der Waals surface area contributed by atoms with Gasteiger partial charge in [-0.05, 0) is 31.2 Å². The number of hydrogen-bond donors (Lipinski definition) is 3. The molecule has 8 heteroatoms. The zero-order valence-corrected chi connectivity index (χ0v) is 12.6. The third-order valence-electron chi connectivity index (χ3n) is 2.90. The molecule has 0 unspecified atom stereocenters. The molecule has 3 N–H and O–H groups in total. The summed E-state index contributed by atoms with van der Waals surface area (Å²) in [7, 11) is 0. The van der Waals surface area contributed by atoms with Crippen molar-refractivity contribution in [2.45, 2.75) is 13.5 Å². The van der Waals surface area contributed by atoms with E-state index in [2.05, 4.69) is 20.8 Å². The van der Waals surface area contributed by atoms with Crippen molar-refractivity contribution in [3.8, 4) is 0 Å². The number of carbonyl (C=O) groups is 2. The Morgan fingerprint density at radius 1 is 1.30 bits per heavy atom. The average Bonchev–Trinajstić information content (AvgIpc) is 2.99. The molecule has 0 aliphatic carbocycles. The normalized spacial score (nSPS) is 10.2. The molecule has 0 spiro atoms. The SMILES string of the molecule is CCOC(=O)CNc1cc(CNC(=O)c2ccc(F)cc2)[nH]n1. The van der Waals surface area contributed by atoms with Gasteiger partial charge in [-0.15, -0.1) is 0 Å². The number of H-pyrrole nitrogens is 1. The monoisotopic (exact) mass is 320 g/mol. The zero-order valence-electron chi connectivity index (χ0n) is 12.6. The summed E-state index contributed by atoms with van der Waals surface area (Å²) in [4.78, 5) is 23.1. The van der Waals surface area contributed by atoms with Crippen LogP contribution in [0.2, 0.25) is 0 Å². The molecule has 122 valence electrons. The summed E-state index contributed by atoms with van der Waals surface area (Å²) in [6.07, 6.45) is 0. The predicted molar refractivity (Wildman–Crippen MR) is 81.3 cm³/mol. The first kappa shape index (κ1) is 16.5. The molecular formula is C15H17FN4O3. The Hall–Kier alpha value is -2.90.